The monoisotopic (exact) mass is 142 g/mol. The van der Waals surface area contributed by atoms with Crippen molar-refractivity contribution in [3.05, 3.63) is 6.54 Å². The Hall–Kier alpha value is -0.0800. The van der Waals surface area contributed by atoms with Gasteiger partial charge in [0.25, 0.3) is 0 Å². The second kappa shape index (κ2) is 3.94. The van der Waals surface area contributed by atoms with Gasteiger partial charge in [0, 0.05) is 13.1 Å². The molecule has 1 unspecified atom stereocenters. The van der Waals surface area contributed by atoms with Crippen LogP contribution in [-0.4, -0.2) is 22.8 Å². The molecule has 0 bridgehead atoms. The summed E-state index contributed by atoms with van der Waals surface area (Å²) in [4.78, 5) is 2.05. The lowest BCUT2D eigenvalue weighted by molar-refractivity contribution is -0.00522. The molecule has 0 amide bonds. The summed E-state index contributed by atoms with van der Waals surface area (Å²) in [5.74, 6) is 0. The van der Waals surface area contributed by atoms with Gasteiger partial charge >= 0.3 is 0 Å². The summed E-state index contributed by atoms with van der Waals surface area (Å²) in [5, 5.41) is 9.39. The maximum absolute atomic E-state index is 9.39. The van der Waals surface area contributed by atoms with Crippen molar-refractivity contribution < 1.29 is 5.11 Å². The molecule has 0 spiro atoms. The molecule has 59 valence electrons. The molecule has 0 aromatic heterocycles. The van der Waals surface area contributed by atoms with Crippen LogP contribution >= 0.6 is 0 Å². The summed E-state index contributed by atoms with van der Waals surface area (Å²) in [5.41, 5.74) is 0. The van der Waals surface area contributed by atoms with Gasteiger partial charge in [0.2, 0.25) is 0 Å². The van der Waals surface area contributed by atoms with Crippen LogP contribution in [0.1, 0.15) is 32.6 Å². The molecule has 0 aromatic rings. The van der Waals surface area contributed by atoms with Crippen molar-refractivity contribution in [2.75, 3.05) is 6.54 Å². The van der Waals surface area contributed by atoms with Gasteiger partial charge in [-0.3, -0.25) is 4.90 Å². The number of likely N-dealkylation sites (tertiary alicyclic amines) is 1. The van der Waals surface area contributed by atoms with Crippen LogP contribution in [0.3, 0.4) is 0 Å². The quantitative estimate of drug-likeness (QED) is 0.629. The van der Waals surface area contributed by atoms with Gasteiger partial charge in [-0.1, -0.05) is 6.92 Å². The third kappa shape index (κ3) is 1.96. The largest absolute Gasteiger partial charge is 0.378 e. The third-order valence-electron chi connectivity index (χ3n) is 1.93. The molecule has 1 atom stereocenters. The topological polar surface area (TPSA) is 23.5 Å². The molecule has 1 aliphatic heterocycles. The molecule has 1 saturated heterocycles. The smallest absolute Gasteiger partial charge is 0.107 e. The first-order valence-corrected chi connectivity index (χ1v) is 4.11. The summed E-state index contributed by atoms with van der Waals surface area (Å²) >= 11 is 0. The molecule has 2 heteroatoms. The van der Waals surface area contributed by atoms with E-state index in [0.29, 0.717) is 0 Å². The minimum absolute atomic E-state index is 0.200. The summed E-state index contributed by atoms with van der Waals surface area (Å²) in [6.07, 6.45) is 4.17. The van der Waals surface area contributed by atoms with Gasteiger partial charge in [-0.2, -0.15) is 0 Å². The molecule has 0 aliphatic carbocycles. The van der Waals surface area contributed by atoms with Crippen molar-refractivity contribution >= 4 is 0 Å². The molecule has 1 N–H and O–H groups in total. The molecular formula is C8H16NO. The Balaban J connectivity index is 2.25. The summed E-state index contributed by atoms with van der Waals surface area (Å²) in [6, 6.07) is 0. The molecule has 2 nitrogen and oxygen atoms in total. The number of aliphatic hydroxyl groups is 1. The molecule has 1 fully saturated rings. The molecule has 0 saturated carbocycles. The summed E-state index contributed by atoms with van der Waals surface area (Å²) < 4.78 is 0. The van der Waals surface area contributed by atoms with E-state index in [1.54, 1.807) is 0 Å². The lowest BCUT2D eigenvalue weighted by Crippen LogP contribution is -2.36. The van der Waals surface area contributed by atoms with Crippen molar-refractivity contribution in [1.29, 1.82) is 0 Å². The molecular weight excluding hydrogens is 126 g/mol. The lowest BCUT2D eigenvalue weighted by Gasteiger charge is -2.30. The Bertz CT molecular complexity index is 93.3. The first kappa shape index (κ1) is 8.02. The number of aliphatic hydroxyl groups excluding tert-OH is 1. The Morgan fingerprint density at radius 1 is 1.60 bits per heavy atom. The van der Waals surface area contributed by atoms with E-state index in [1.165, 1.54) is 12.8 Å². The van der Waals surface area contributed by atoms with Crippen molar-refractivity contribution in [1.82, 2.24) is 4.90 Å². The second-order valence-electron chi connectivity index (χ2n) is 2.81. The van der Waals surface area contributed by atoms with Gasteiger partial charge in [-0.15, -0.1) is 0 Å². The normalized spacial score (nSPS) is 28.8. The van der Waals surface area contributed by atoms with E-state index < -0.39 is 0 Å². The molecule has 1 rings (SSSR count). The van der Waals surface area contributed by atoms with Gasteiger partial charge in [-0.25, -0.2) is 0 Å². The summed E-state index contributed by atoms with van der Waals surface area (Å²) in [6.45, 7) is 5.22. The van der Waals surface area contributed by atoms with Gasteiger partial charge in [0.15, 0.2) is 0 Å². The van der Waals surface area contributed by atoms with Gasteiger partial charge in [0.1, 0.15) is 6.23 Å². The van der Waals surface area contributed by atoms with Crippen LogP contribution in [0.25, 0.3) is 0 Å². The number of rotatable bonds is 2. The number of hydrogen-bond acceptors (Lipinski definition) is 2. The van der Waals surface area contributed by atoms with Crippen molar-refractivity contribution in [3.63, 3.8) is 0 Å². The number of nitrogens with zero attached hydrogens (tertiary/aromatic N) is 1. The van der Waals surface area contributed by atoms with Crippen molar-refractivity contribution in [2.24, 2.45) is 0 Å². The standard InChI is InChI=1S/C8H16NO/c1-2-6-9-7-4-3-5-8(9)10/h6,8,10H,2-5,7H2,1H3. The van der Waals surface area contributed by atoms with Crippen LogP contribution in [0.5, 0.6) is 0 Å². The average molecular weight is 142 g/mol. The SMILES string of the molecule is CC[CH]N1CCCCC1O. The zero-order valence-corrected chi connectivity index (χ0v) is 6.58. The second-order valence-corrected chi connectivity index (χ2v) is 2.81. The fourth-order valence-electron chi connectivity index (χ4n) is 1.38. The molecule has 1 heterocycles. The van der Waals surface area contributed by atoms with E-state index in [-0.39, 0.29) is 6.23 Å². The van der Waals surface area contributed by atoms with Crippen LogP contribution < -0.4 is 0 Å². The number of hydrogen-bond donors (Lipinski definition) is 1. The van der Waals surface area contributed by atoms with E-state index in [4.69, 9.17) is 0 Å². The highest BCUT2D eigenvalue weighted by molar-refractivity contribution is 4.74. The summed E-state index contributed by atoms with van der Waals surface area (Å²) in [7, 11) is 0. The fourth-order valence-corrected chi connectivity index (χ4v) is 1.38. The minimum atomic E-state index is -0.200. The predicted octanol–water partition coefficient (Wildman–Crippen LogP) is 1.36. The van der Waals surface area contributed by atoms with E-state index >= 15 is 0 Å². The molecule has 1 radical (unpaired) electrons. The van der Waals surface area contributed by atoms with E-state index in [2.05, 4.69) is 13.5 Å². The molecule has 0 aromatic carbocycles. The number of piperidine rings is 1. The van der Waals surface area contributed by atoms with Crippen molar-refractivity contribution in [2.45, 2.75) is 38.8 Å². The zero-order valence-electron chi connectivity index (χ0n) is 6.58. The van der Waals surface area contributed by atoms with Crippen LogP contribution in [0.4, 0.5) is 0 Å². The maximum atomic E-state index is 9.39. The van der Waals surface area contributed by atoms with Crippen LogP contribution in [0.2, 0.25) is 0 Å². The van der Waals surface area contributed by atoms with Crippen LogP contribution in [0.15, 0.2) is 0 Å². The molecule has 10 heavy (non-hydrogen) atoms. The molecule has 1 aliphatic rings. The van der Waals surface area contributed by atoms with Crippen LogP contribution in [-0.2, 0) is 0 Å². The first-order valence-electron chi connectivity index (χ1n) is 4.11. The Labute approximate surface area is 62.8 Å². The highest BCUT2D eigenvalue weighted by Gasteiger charge is 2.18. The zero-order chi connectivity index (χ0) is 7.40. The van der Waals surface area contributed by atoms with E-state index in [1.807, 2.05) is 4.90 Å². The van der Waals surface area contributed by atoms with Crippen molar-refractivity contribution in [3.8, 4) is 0 Å². The average Bonchev–Trinajstić information content (AvgIpc) is 1.94. The third-order valence-corrected chi connectivity index (χ3v) is 1.93. The highest BCUT2D eigenvalue weighted by Crippen LogP contribution is 2.16. The highest BCUT2D eigenvalue weighted by atomic mass is 16.3. The van der Waals surface area contributed by atoms with E-state index in [9.17, 15) is 5.11 Å². The predicted molar refractivity (Wildman–Crippen MR) is 41.2 cm³/mol. The van der Waals surface area contributed by atoms with Gasteiger partial charge in [0.05, 0.1) is 0 Å². The van der Waals surface area contributed by atoms with E-state index in [0.717, 1.165) is 19.4 Å². The lowest BCUT2D eigenvalue weighted by atomic mass is 10.1. The van der Waals surface area contributed by atoms with Gasteiger partial charge in [-0.05, 0) is 25.7 Å². The van der Waals surface area contributed by atoms with Crippen LogP contribution in [0, 0.1) is 6.54 Å². The maximum Gasteiger partial charge on any atom is 0.107 e. The first-order chi connectivity index (χ1) is 4.84. The Morgan fingerprint density at radius 3 is 3.00 bits per heavy atom. The minimum Gasteiger partial charge on any atom is -0.378 e. The fraction of sp³-hybridized carbons (Fsp3) is 0.875. The van der Waals surface area contributed by atoms with Gasteiger partial charge < -0.3 is 5.11 Å². The Kier molecular flexibility index (Phi) is 3.16. The Morgan fingerprint density at radius 2 is 2.40 bits per heavy atom.